The molecule has 0 spiro atoms. The number of nitrogens with one attached hydrogen (secondary N) is 2. The van der Waals surface area contributed by atoms with E-state index in [1.807, 2.05) is 33.8 Å². The summed E-state index contributed by atoms with van der Waals surface area (Å²) in [6, 6.07) is 5.77. The molecule has 1 aromatic carbocycles. The van der Waals surface area contributed by atoms with Crippen LogP contribution in [0.3, 0.4) is 0 Å². The van der Waals surface area contributed by atoms with Crippen LogP contribution in [0.5, 0.6) is 0 Å². The van der Waals surface area contributed by atoms with Crippen LogP contribution in [0.1, 0.15) is 32.2 Å². The van der Waals surface area contributed by atoms with Gasteiger partial charge in [-0.15, -0.1) is 11.3 Å². The second-order valence-electron chi connectivity index (χ2n) is 6.01. The molecule has 0 bridgehead atoms. The number of hydrogen-bond donors (Lipinski definition) is 2. The summed E-state index contributed by atoms with van der Waals surface area (Å²) in [5.41, 5.74) is 4.28. The molecule has 25 heavy (non-hydrogen) atoms. The lowest BCUT2D eigenvalue weighted by Crippen LogP contribution is -2.21. The van der Waals surface area contributed by atoms with Crippen molar-refractivity contribution in [1.82, 2.24) is 9.97 Å². The topological polar surface area (TPSA) is 84.1 Å². The summed E-state index contributed by atoms with van der Waals surface area (Å²) < 4.78 is 5.09. The maximum absolute atomic E-state index is 12.2. The predicted molar refractivity (Wildman–Crippen MR) is 98.3 cm³/mol. The van der Waals surface area contributed by atoms with Crippen LogP contribution in [0.15, 0.2) is 18.2 Å². The van der Waals surface area contributed by atoms with Crippen LogP contribution in [0, 0.1) is 27.7 Å². The number of nitrogens with zero attached hydrogens (tertiary/aromatic N) is 1. The van der Waals surface area contributed by atoms with E-state index in [4.69, 9.17) is 4.74 Å². The fraction of sp³-hybridized carbons (Fsp3) is 0.278. The molecule has 2 N–H and O–H groups in total. The van der Waals surface area contributed by atoms with Gasteiger partial charge in [-0.05, 0) is 51.0 Å². The second kappa shape index (κ2) is 6.68. The molecule has 0 atom stereocenters. The monoisotopic (exact) mass is 357 g/mol. The molecule has 0 saturated carbocycles. The summed E-state index contributed by atoms with van der Waals surface area (Å²) in [6.07, 6.45) is 0. The number of benzene rings is 1. The summed E-state index contributed by atoms with van der Waals surface area (Å²) >= 11 is 1.39. The van der Waals surface area contributed by atoms with E-state index in [2.05, 4.69) is 21.4 Å². The molecule has 7 heteroatoms. The Kier molecular flexibility index (Phi) is 4.59. The maximum atomic E-state index is 12.2. The molecule has 0 fully saturated rings. The SMILES string of the molecule is Cc1cc(C)c2cc(C(=O)OCC(=O)Nc3nc(C)c(C)s3)[nH]c2c1. The average molecular weight is 357 g/mol. The number of carbonyl (C=O) groups is 2. The van der Waals surface area contributed by atoms with Gasteiger partial charge in [0.25, 0.3) is 5.91 Å². The van der Waals surface area contributed by atoms with Crippen molar-refractivity contribution in [2.45, 2.75) is 27.7 Å². The van der Waals surface area contributed by atoms with Gasteiger partial charge in [0.2, 0.25) is 0 Å². The van der Waals surface area contributed by atoms with E-state index < -0.39 is 11.9 Å². The van der Waals surface area contributed by atoms with Crippen molar-refractivity contribution in [3.63, 3.8) is 0 Å². The number of aromatic amines is 1. The van der Waals surface area contributed by atoms with Crippen molar-refractivity contribution >= 4 is 39.2 Å². The van der Waals surface area contributed by atoms with E-state index in [0.717, 1.165) is 32.6 Å². The predicted octanol–water partition coefficient (Wildman–Crippen LogP) is 3.65. The van der Waals surface area contributed by atoms with Crippen LogP contribution in [0.25, 0.3) is 10.9 Å². The smallest absolute Gasteiger partial charge is 0.355 e. The van der Waals surface area contributed by atoms with Crippen molar-refractivity contribution in [1.29, 1.82) is 0 Å². The minimum atomic E-state index is -0.560. The zero-order chi connectivity index (χ0) is 18.1. The minimum absolute atomic E-state index is 0.331. The van der Waals surface area contributed by atoms with Crippen molar-refractivity contribution in [3.05, 3.63) is 45.6 Å². The van der Waals surface area contributed by atoms with Crippen molar-refractivity contribution in [3.8, 4) is 0 Å². The van der Waals surface area contributed by atoms with E-state index >= 15 is 0 Å². The Morgan fingerprint density at radius 3 is 2.64 bits per heavy atom. The summed E-state index contributed by atoms with van der Waals surface area (Å²) in [4.78, 5) is 32.4. The lowest BCUT2D eigenvalue weighted by Gasteiger charge is -2.03. The molecule has 0 aliphatic heterocycles. The largest absolute Gasteiger partial charge is 0.451 e. The Morgan fingerprint density at radius 2 is 1.96 bits per heavy atom. The van der Waals surface area contributed by atoms with Gasteiger partial charge in [0.15, 0.2) is 11.7 Å². The first-order valence-electron chi connectivity index (χ1n) is 7.84. The number of ether oxygens (including phenoxy) is 1. The fourth-order valence-electron chi connectivity index (χ4n) is 2.60. The van der Waals surface area contributed by atoms with Gasteiger partial charge < -0.3 is 9.72 Å². The number of rotatable bonds is 4. The Labute approximate surface area is 149 Å². The molecule has 0 unspecified atom stereocenters. The molecule has 0 saturated heterocycles. The molecular formula is C18H19N3O3S. The number of esters is 1. The molecule has 6 nitrogen and oxygen atoms in total. The van der Waals surface area contributed by atoms with Gasteiger partial charge in [0, 0.05) is 15.8 Å². The molecule has 0 aliphatic rings. The Hall–Kier alpha value is -2.67. The highest BCUT2D eigenvalue weighted by molar-refractivity contribution is 7.15. The van der Waals surface area contributed by atoms with Gasteiger partial charge in [-0.25, -0.2) is 9.78 Å². The number of amides is 1. The highest BCUT2D eigenvalue weighted by Crippen LogP contribution is 2.22. The maximum Gasteiger partial charge on any atom is 0.355 e. The second-order valence-corrected chi connectivity index (χ2v) is 7.21. The molecule has 1 amide bonds. The average Bonchev–Trinajstić information content (AvgIpc) is 3.09. The number of aryl methyl sites for hydroxylation is 4. The third kappa shape index (κ3) is 3.71. The van der Waals surface area contributed by atoms with E-state index in [1.165, 1.54) is 11.3 Å². The Morgan fingerprint density at radius 1 is 1.20 bits per heavy atom. The molecule has 0 radical (unpaired) electrons. The van der Waals surface area contributed by atoms with Gasteiger partial charge in [-0.3, -0.25) is 10.1 Å². The summed E-state index contributed by atoms with van der Waals surface area (Å²) in [7, 11) is 0. The fourth-order valence-corrected chi connectivity index (χ4v) is 3.43. The van der Waals surface area contributed by atoms with Crippen molar-refractivity contribution in [2.75, 3.05) is 11.9 Å². The number of hydrogen-bond acceptors (Lipinski definition) is 5. The number of fused-ring (bicyclic) bond motifs is 1. The molecule has 2 aromatic heterocycles. The van der Waals surface area contributed by atoms with E-state index in [1.54, 1.807) is 6.07 Å². The minimum Gasteiger partial charge on any atom is -0.451 e. The number of aromatic nitrogens is 2. The van der Waals surface area contributed by atoms with Crippen LogP contribution in [-0.2, 0) is 9.53 Å². The summed E-state index contributed by atoms with van der Waals surface area (Å²) in [5, 5.41) is 4.11. The highest BCUT2D eigenvalue weighted by Gasteiger charge is 2.15. The lowest BCUT2D eigenvalue weighted by atomic mass is 10.1. The van der Waals surface area contributed by atoms with Crippen LogP contribution < -0.4 is 5.32 Å². The normalized spacial score (nSPS) is 10.9. The molecule has 3 rings (SSSR count). The highest BCUT2D eigenvalue weighted by atomic mass is 32.1. The Bertz CT molecular complexity index is 952. The number of thiazole rings is 1. The summed E-state index contributed by atoms with van der Waals surface area (Å²) in [6.45, 7) is 7.44. The zero-order valence-corrected chi connectivity index (χ0v) is 15.3. The number of carbonyl (C=O) groups excluding carboxylic acids is 2. The van der Waals surface area contributed by atoms with Crippen molar-refractivity contribution < 1.29 is 14.3 Å². The third-order valence-corrected chi connectivity index (χ3v) is 4.91. The molecular weight excluding hydrogens is 338 g/mol. The van der Waals surface area contributed by atoms with E-state index in [-0.39, 0.29) is 6.61 Å². The Balaban J connectivity index is 1.64. The quantitative estimate of drug-likeness (QED) is 0.698. The first kappa shape index (κ1) is 17.2. The van der Waals surface area contributed by atoms with E-state index in [9.17, 15) is 9.59 Å². The lowest BCUT2D eigenvalue weighted by molar-refractivity contribution is -0.119. The molecule has 2 heterocycles. The first-order valence-corrected chi connectivity index (χ1v) is 8.66. The molecule has 3 aromatic rings. The summed E-state index contributed by atoms with van der Waals surface area (Å²) in [5.74, 6) is -0.972. The van der Waals surface area contributed by atoms with E-state index in [0.29, 0.717) is 10.8 Å². The zero-order valence-electron chi connectivity index (χ0n) is 14.5. The number of H-pyrrole nitrogens is 1. The van der Waals surface area contributed by atoms with Crippen LogP contribution in [-0.4, -0.2) is 28.5 Å². The third-order valence-electron chi connectivity index (χ3n) is 3.92. The first-order chi connectivity index (χ1) is 11.8. The van der Waals surface area contributed by atoms with Gasteiger partial charge >= 0.3 is 5.97 Å². The number of anilines is 1. The van der Waals surface area contributed by atoms with Crippen LogP contribution in [0.2, 0.25) is 0 Å². The van der Waals surface area contributed by atoms with Crippen LogP contribution in [0.4, 0.5) is 5.13 Å². The molecule has 130 valence electrons. The molecule has 0 aliphatic carbocycles. The standard InChI is InChI=1S/C18H19N3O3S/c1-9-5-10(2)13-7-15(20-14(13)6-9)17(23)24-8-16(22)21-18-19-11(3)12(4)25-18/h5-7,20H,8H2,1-4H3,(H,19,21,22). The van der Waals surface area contributed by atoms with Gasteiger partial charge in [-0.2, -0.15) is 0 Å². The van der Waals surface area contributed by atoms with Gasteiger partial charge in [0.1, 0.15) is 5.69 Å². The van der Waals surface area contributed by atoms with Crippen molar-refractivity contribution in [2.24, 2.45) is 0 Å². The van der Waals surface area contributed by atoms with Crippen LogP contribution >= 0.6 is 11.3 Å². The van der Waals surface area contributed by atoms with Gasteiger partial charge in [-0.1, -0.05) is 6.07 Å². The van der Waals surface area contributed by atoms with Gasteiger partial charge in [0.05, 0.1) is 5.69 Å².